The normalized spacial score (nSPS) is 15.2. The van der Waals surface area contributed by atoms with Crippen LogP contribution in [0.15, 0.2) is 6.07 Å². The van der Waals surface area contributed by atoms with Gasteiger partial charge in [0, 0.05) is 5.56 Å². The molecule has 1 aliphatic carbocycles. The minimum Gasteiger partial charge on any atom is -0.343 e. The van der Waals surface area contributed by atoms with E-state index < -0.39 is 12.1 Å². The molecule has 1 aliphatic rings. The van der Waals surface area contributed by atoms with Crippen LogP contribution in [0.5, 0.6) is 0 Å². The van der Waals surface area contributed by atoms with Crippen molar-refractivity contribution in [3.8, 4) is 0 Å². The van der Waals surface area contributed by atoms with Crippen molar-refractivity contribution in [2.75, 3.05) is 5.43 Å². The average Bonchev–Trinajstić information content (AvgIpc) is 3.13. The van der Waals surface area contributed by atoms with Crippen LogP contribution in [-0.2, 0) is 9.63 Å². The second kappa shape index (κ2) is 5.17. The van der Waals surface area contributed by atoms with Gasteiger partial charge in [0.1, 0.15) is 0 Å². The second-order valence-electron chi connectivity index (χ2n) is 3.86. The van der Waals surface area contributed by atoms with E-state index in [1.807, 2.05) is 0 Å². The van der Waals surface area contributed by atoms with E-state index in [9.17, 15) is 18.0 Å². The summed E-state index contributed by atoms with van der Waals surface area (Å²) in [5.74, 6) is -1.97. The zero-order valence-corrected chi connectivity index (χ0v) is 10.0. The van der Waals surface area contributed by atoms with E-state index >= 15 is 0 Å². The van der Waals surface area contributed by atoms with Crippen LogP contribution < -0.4 is 11.0 Å². The SMILES string of the molecule is O=C(ONNc1nnc(Cl)cc1C1CC1)C(F)(F)F. The minimum absolute atomic E-state index is 0.168. The fraction of sp³-hybridized carbons (Fsp3) is 0.444. The monoisotopic (exact) mass is 296 g/mol. The number of rotatable bonds is 4. The third-order valence-corrected chi connectivity index (χ3v) is 2.54. The molecule has 1 aromatic rings. The highest BCUT2D eigenvalue weighted by atomic mass is 35.5. The number of aromatic nitrogens is 2. The molecule has 0 bridgehead atoms. The predicted molar refractivity (Wildman–Crippen MR) is 57.9 cm³/mol. The molecule has 1 aromatic heterocycles. The number of nitrogens with one attached hydrogen (secondary N) is 2. The molecule has 1 saturated carbocycles. The van der Waals surface area contributed by atoms with Crippen molar-refractivity contribution in [2.45, 2.75) is 24.9 Å². The first-order chi connectivity index (χ1) is 8.88. The predicted octanol–water partition coefficient (Wildman–Crippen LogP) is 1.94. The average molecular weight is 297 g/mol. The van der Waals surface area contributed by atoms with E-state index in [-0.39, 0.29) is 16.9 Å². The molecule has 2 rings (SSSR count). The molecule has 6 nitrogen and oxygen atoms in total. The van der Waals surface area contributed by atoms with Crippen molar-refractivity contribution in [1.82, 2.24) is 15.8 Å². The Morgan fingerprint density at radius 1 is 1.42 bits per heavy atom. The highest BCUT2D eigenvalue weighted by Gasteiger charge is 2.41. The lowest BCUT2D eigenvalue weighted by atomic mass is 10.2. The summed E-state index contributed by atoms with van der Waals surface area (Å²) in [5.41, 5.74) is 4.63. The topological polar surface area (TPSA) is 76.1 Å². The Balaban J connectivity index is 1.95. The summed E-state index contributed by atoms with van der Waals surface area (Å²) in [6.07, 6.45) is -3.21. The summed E-state index contributed by atoms with van der Waals surface area (Å²) in [4.78, 5) is 14.2. The number of alkyl halides is 3. The fourth-order valence-corrected chi connectivity index (χ4v) is 1.52. The van der Waals surface area contributed by atoms with Gasteiger partial charge in [0.05, 0.1) is 0 Å². The Kier molecular flexibility index (Phi) is 3.76. The van der Waals surface area contributed by atoms with Gasteiger partial charge in [-0.3, -0.25) is 5.43 Å². The summed E-state index contributed by atoms with van der Waals surface area (Å²) in [6, 6.07) is 1.56. The van der Waals surface area contributed by atoms with Gasteiger partial charge in [-0.15, -0.1) is 10.2 Å². The van der Waals surface area contributed by atoms with Crippen molar-refractivity contribution in [1.29, 1.82) is 0 Å². The molecule has 0 amide bonds. The molecule has 104 valence electrons. The molecular weight excluding hydrogens is 289 g/mol. The molecule has 0 atom stereocenters. The lowest BCUT2D eigenvalue weighted by molar-refractivity contribution is -0.205. The van der Waals surface area contributed by atoms with Crippen LogP contribution in [0.3, 0.4) is 0 Å². The van der Waals surface area contributed by atoms with Crippen molar-refractivity contribution in [3.05, 3.63) is 16.8 Å². The van der Waals surface area contributed by atoms with Gasteiger partial charge in [0.2, 0.25) is 0 Å². The van der Waals surface area contributed by atoms with Crippen molar-refractivity contribution in [3.63, 3.8) is 0 Å². The van der Waals surface area contributed by atoms with Gasteiger partial charge in [-0.2, -0.15) is 13.2 Å². The molecule has 0 radical (unpaired) electrons. The first-order valence-corrected chi connectivity index (χ1v) is 5.58. The zero-order chi connectivity index (χ0) is 14.0. The van der Waals surface area contributed by atoms with E-state index in [4.69, 9.17) is 11.6 Å². The van der Waals surface area contributed by atoms with Crippen LogP contribution in [0.1, 0.15) is 24.3 Å². The zero-order valence-electron chi connectivity index (χ0n) is 9.29. The smallest absolute Gasteiger partial charge is 0.343 e. The van der Waals surface area contributed by atoms with Crippen molar-refractivity contribution in [2.24, 2.45) is 0 Å². The number of carbonyl (C=O) groups is 1. The quantitative estimate of drug-likeness (QED) is 0.827. The van der Waals surface area contributed by atoms with Crippen LogP contribution in [0.2, 0.25) is 5.15 Å². The van der Waals surface area contributed by atoms with E-state index in [1.165, 1.54) is 0 Å². The second-order valence-corrected chi connectivity index (χ2v) is 4.25. The largest absolute Gasteiger partial charge is 0.492 e. The Bertz CT molecular complexity index is 493. The maximum absolute atomic E-state index is 11.9. The highest BCUT2D eigenvalue weighted by molar-refractivity contribution is 6.29. The molecule has 19 heavy (non-hydrogen) atoms. The molecule has 0 spiro atoms. The molecule has 0 saturated heterocycles. The molecule has 10 heteroatoms. The first kappa shape index (κ1) is 13.8. The summed E-state index contributed by atoms with van der Waals surface area (Å²) in [5, 5.41) is 7.40. The molecule has 0 aromatic carbocycles. The Morgan fingerprint density at radius 3 is 2.68 bits per heavy atom. The van der Waals surface area contributed by atoms with Gasteiger partial charge < -0.3 is 4.84 Å². The molecule has 1 fully saturated rings. The van der Waals surface area contributed by atoms with Crippen LogP contribution in [0, 0.1) is 0 Å². The lowest BCUT2D eigenvalue weighted by Gasteiger charge is -2.11. The molecule has 0 unspecified atom stereocenters. The summed E-state index contributed by atoms with van der Waals surface area (Å²) in [7, 11) is 0. The number of carbonyl (C=O) groups excluding carboxylic acids is 1. The van der Waals surface area contributed by atoms with Crippen molar-refractivity contribution >= 4 is 23.4 Å². The van der Waals surface area contributed by atoms with Crippen LogP contribution in [0.4, 0.5) is 19.0 Å². The molecule has 0 aliphatic heterocycles. The number of halogens is 4. The van der Waals surface area contributed by atoms with E-state index in [0.717, 1.165) is 12.8 Å². The third-order valence-electron chi connectivity index (χ3n) is 2.36. The molecular formula is C9H8ClF3N4O2. The van der Waals surface area contributed by atoms with E-state index in [1.54, 1.807) is 11.7 Å². The van der Waals surface area contributed by atoms with Gasteiger partial charge in [-0.05, 0) is 24.8 Å². The maximum atomic E-state index is 11.9. The van der Waals surface area contributed by atoms with E-state index in [0.29, 0.717) is 5.56 Å². The summed E-state index contributed by atoms with van der Waals surface area (Å²) >= 11 is 5.68. The Labute approximate surface area is 110 Å². The Morgan fingerprint density at radius 2 is 2.11 bits per heavy atom. The Hall–Kier alpha value is -1.61. The van der Waals surface area contributed by atoms with E-state index in [2.05, 4.69) is 20.5 Å². The first-order valence-electron chi connectivity index (χ1n) is 5.20. The van der Waals surface area contributed by atoms with Crippen LogP contribution in [0.25, 0.3) is 0 Å². The third kappa shape index (κ3) is 3.67. The van der Waals surface area contributed by atoms with Gasteiger partial charge in [-0.25, -0.2) is 4.79 Å². The minimum atomic E-state index is -5.07. The standard InChI is InChI=1S/C9H8ClF3N4O2/c10-6-3-5(4-1-2-4)7(15-14-6)16-17-19-8(18)9(11,12)13/h3-4,17H,1-2H2,(H,15,16). The van der Waals surface area contributed by atoms with Gasteiger partial charge in [0.15, 0.2) is 11.0 Å². The molecule has 1 heterocycles. The van der Waals surface area contributed by atoms with Gasteiger partial charge >= 0.3 is 12.1 Å². The van der Waals surface area contributed by atoms with Crippen LogP contribution >= 0.6 is 11.6 Å². The summed E-state index contributed by atoms with van der Waals surface area (Å²) < 4.78 is 35.6. The lowest BCUT2D eigenvalue weighted by Crippen LogP contribution is -2.34. The maximum Gasteiger partial charge on any atom is 0.492 e. The number of hydrazine groups is 1. The van der Waals surface area contributed by atoms with Gasteiger partial charge in [-0.1, -0.05) is 17.2 Å². The number of hydrogen-bond acceptors (Lipinski definition) is 6. The number of hydrogen-bond donors (Lipinski definition) is 2. The number of nitrogens with zero attached hydrogens (tertiary/aromatic N) is 2. The highest BCUT2D eigenvalue weighted by Crippen LogP contribution is 2.43. The van der Waals surface area contributed by atoms with Crippen LogP contribution in [-0.4, -0.2) is 22.3 Å². The van der Waals surface area contributed by atoms with Crippen molar-refractivity contribution < 1.29 is 22.8 Å². The molecule has 2 N–H and O–H groups in total. The fourth-order valence-electron chi connectivity index (χ4n) is 1.36. The number of anilines is 1. The van der Waals surface area contributed by atoms with Gasteiger partial charge in [0.25, 0.3) is 0 Å². The summed E-state index contributed by atoms with van der Waals surface area (Å²) in [6.45, 7) is 0.